The van der Waals surface area contributed by atoms with E-state index >= 15 is 0 Å². The monoisotopic (exact) mass is 446 g/mol. The molecule has 1 aromatic rings. The van der Waals surface area contributed by atoms with Crippen molar-refractivity contribution in [3.05, 3.63) is 34.3 Å². The maximum Gasteiger partial charge on any atom is 0.254 e. The first kappa shape index (κ1) is 19.2. The molecule has 1 aromatic carbocycles. The highest BCUT2D eigenvalue weighted by molar-refractivity contribution is 9.10. The maximum absolute atomic E-state index is 12.7. The molecule has 6 nitrogen and oxygen atoms in total. The van der Waals surface area contributed by atoms with E-state index in [2.05, 4.69) is 33.2 Å². The summed E-state index contributed by atoms with van der Waals surface area (Å²) in [5, 5.41) is 5.28. The average molecular weight is 447 g/mol. The van der Waals surface area contributed by atoms with Crippen LogP contribution >= 0.6 is 15.9 Å². The van der Waals surface area contributed by atoms with Crippen LogP contribution in [0.25, 0.3) is 0 Å². The molecule has 0 spiro atoms. The highest BCUT2D eigenvalue weighted by atomic mass is 79.9. The number of amides is 2. The molecule has 148 valence electrons. The number of methoxy groups -OCH3 is 1. The van der Waals surface area contributed by atoms with Crippen molar-refractivity contribution in [1.82, 2.24) is 5.01 Å². The first-order chi connectivity index (χ1) is 13.4. The Bertz CT molecular complexity index is 851. The molecule has 7 heteroatoms. The van der Waals surface area contributed by atoms with E-state index < -0.39 is 0 Å². The smallest absolute Gasteiger partial charge is 0.254 e. The van der Waals surface area contributed by atoms with E-state index in [1.54, 1.807) is 13.2 Å². The second-order valence-electron chi connectivity index (χ2n) is 7.59. The lowest BCUT2D eigenvalue weighted by atomic mass is 9.85. The van der Waals surface area contributed by atoms with Crippen LogP contribution in [0.1, 0.15) is 32.3 Å². The summed E-state index contributed by atoms with van der Waals surface area (Å²) < 4.78 is 12.1. The van der Waals surface area contributed by atoms with Crippen LogP contribution in [0, 0.1) is 23.7 Å². The molecule has 4 rings (SSSR count). The maximum atomic E-state index is 12.7. The Morgan fingerprint density at radius 2 is 1.86 bits per heavy atom. The lowest BCUT2D eigenvalue weighted by molar-refractivity contribution is -0.140. The molecule has 1 aliphatic heterocycles. The molecule has 2 bridgehead atoms. The predicted octanol–water partition coefficient (Wildman–Crippen LogP) is 3.78. The van der Waals surface area contributed by atoms with Crippen molar-refractivity contribution in [1.29, 1.82) is 0 Å². The van der Waals surface area contributed by atoms with Gasteiger partial charge in [0.05, 0.1) is 31.3 Å². The summed E-state index contributed by atoms with van der Waals surface area (Å²) in [4.78, 5) is 25.5. The number of hydrogen-bond acceptors (Lipinski definition) is 5. The van der Waals surface area contributed by atoms with Crippen molar-refractivity contribution < 1.29 is 19.1 Å². The zero-order valence-corrected chi connectivity index (χ0v) is 17.7. The van der Waals surface area contributed by atoms with Crippen molar-refractivity contribution in [2.75, 3.05) is 7.11 Å². The quantitative estimate of drug-likeness (QED) is 0.378. The lowest BCUT2D eigenvalue weighted by Gasteiger charge is -2.17. The molecule has 2 fully saturated rings. The fourth-order valence-electron chi connectivity index (χ4n) is 4.32. The SMILES string of the molecule is CCC(C)Oc1cc(Br)c(C=NN2C(=O)C3C4C=CC(C4)C3C2=O)cc1OC. The Hall–Kier alpha value is -2.15. The zero-order valence-electron chi connectivity index (χ0n) is 16.1. The van der Waals surface area contributed by atoms with Gasteiger partial charge < -0.3 is 9.47 Å². The Balaban J connectivity index is 1.57. The topological polar surface area (TPSA) is 68.2 Å². The first-order valence-corrected chi connectivity index (χ1v) is 10.4. The van der Waals surface area contributed by atoms with E-state index in [-0.39, 0.29) is 41.6 Å². The van der Waals surface area contributed by atoms with Gasteiger partial charge in [-0.25, -0.2) is 0 Å². The second-order valence-corrected chi connectivity index (χ2v) is 8.45. The van der Waals surface area contributed by atoms with Gasteiger partial charge in [-0.1, -0.05) is 19.1 Å². The first-order valence-electron chi connectivity index (χ1n) is 9.58. The van der Waals surface area contributed by atoms with Gasteiger partial charge in [0, 0.05) is 10.0 Å². The molecular formula is C21H23BrN2O4. The summed E-state index contributed by atoms with van der Waals surface area (Å²) in [6.07, 6.45) is 7.51. The van der Waals surface area contributed by atoms with E-state index in [0.29, 0.717) is 17.1 Å². The lowest BCUT2D eigenvalue weighted by Crippen LogP contribution is -2.28. The van der Waals surface area contributed by atoms with Crippen molar-refractivity contribution >= 4 is 34.0 Å². The normalized spacial score (nSPS) is 29.1. The number of halogens is 1. The van der Waals surface area contributed by atoms with Gasteiger partial charge in [-0.15, -0.1) is 0 Å². The molecule has 3 aliphatic rings. The molecular weight excluding hydrogens is 424 g/mol. The summed E-state index contributed by atoms with van der Waals surface area (Å²) in [7, 11) is 1.57. The van der Waals surface area contributed by atoms with Crippen LogP contribution in [0.3, 0.4) is 0 Å². The highest BCUT2D eigenvalue weighted by Gasteiger charge is 2.59. The van der Waals surface area contributed by atoms with Gasteiger partial charge in [0.1, 0.15) is 0 Å². The summed E-state index contributed by atoms with van der Waals surface area (Å²) in [6, 6.07) is 3.60. The summed E-state index contributed by atoms with van der Waals surface area (Å²) in [6.45, 7) is 4.04. The molecule has 1 heterocycles. The van der Waals surface area contributed by atoms with Crippen LogP contribution < -0.4 is 9.47 Å². The van der Waals surface area contributed by atoms with Gasteiger partial charge in [-0.3, -0.25) is 9.59 Å². The number of allylic oxidation sites excluding steroid dienone is 2. The van der Waals surface area contributed by atoms with Gasteiger partial charge in [-0.2, -0.15) is 10.1 Å². The van der Waals surface area contributed by atoms with Crippen molar-refractivity contribution in [2.45, 2.75) is 32.8 Å². The van der Waals surface area contributed by atoms with Gasteiger partial charge in [0.15, 0.2) is 11.5 Å². The van der Waals surface area contributed by atoms with Gasteiger partial charge >= 0.3 is 0 Å². The number of carbonyl (C=O) groups is 2. The Kier molecular flexibility index (Phi) is 5.04. The minimum absolute atomic E-state index is 0.0588. The molecule has 1 saturated carbocycles. The van der Waals surface area contributed by atoms with E-state index in [9.17, 15) is 9.59 Å². The fourth-order valence-corrected chi connectivity index (χ4v) is 4.75. The van der Waals surface area contributed by atoms with Crippen molar-refractivity contribution in [3.63, 3.8) is 0 Å². The number of nitrogens with zero attached hydrogens (tertiary/aromatic N) is 2. The van der Waals surface area contributed by atoms with Crippen molar-refractivity contribution in [3.8, 4) is 11.5 Å². The molecule has 0 N–H and O–H groups in total. The number of hydrogen-bond donors (Lipinski definition) is 0. The molecule has 5 atom stereocenters. The summed E-state index contributed by atoms with van der Waals surface area (Å²) in [5.74, 6) is 0.680. The van der Waals surface area contributed by atoms with Crippen molar-refractivity contribution in [2.24, 2.45) is 28.8 Å². The molecule has 1 saturated heterocycles. The van der Waals surface area contributed by atoms with E-state index in [0.717, 1.165) is 22.3 Å². The molecule has 2 aliphatic carbocycles. The average Bonchev–Trinajstić information content (AvgIpc) is 3.36. The highest BCUT2D eigenvalue weighted by Crippen LogP contribution is 2.52. The number of rotatable bonds is 6. The molecule has 0 radical (unpaired) electrons. The van der Waals surface area contributed by atoms with Gasteiger partial charge in [-0.05, 0) is 59.7 Å². The van der Waals surface area contributed by atoms with E-state index in [1.165, 1.54) is 6.21 Å². The van der Waals surface area contributed by atoms with Crippen LogP contribution in [0.2, 0.25) is 0 Å². The number of fused-ring (bicyclic) bond motifs is 5. The number of imide groups is 1. The number of hydrazone groups is 1. The Labute approximate surface area is 172 Å². The minimum atomic E-state index is -0.246. The zero-order chi connectivity index (χ0) is 20.0. The Morgan fingerprint density at radius 3 is 2.43 bits per heavy atom. The molecule has 28 heavy (non-hydrogen) atoms. The van der Waals surface area contributed by atoms with Gasteiger partial charge in [0.25, 0.3) is 11.8 Å². The van der Waals surface area contributed by atoms with E-state index in [1.807, 2.05) is 19.9 Å². The molecule has 2 amide bonds. The third-order valence-corrected chi connectivity index (χ3v) is 6.63. The number of ether oxygens (including phenoxy) is 2. The largest absolute Gasteiger partial charge is 0.493 e. The van der Waals surface area contributed by atoms with Crippen LogP contribution in [0.15, 0.2) is 33.9 Å². The number of benzene rings is 1. The molecule has 5 unspecified atom stereocenters. The minimum Gasteiger partial charge on any atom is -0.493 e. The van der Waals surface area contributed by atoms with Crippen LogP contribution in [-0.4, -0.2) is 36.3 Å². The summed E-state index contributed by atoms with van der Waals surface area (Å²) in [5.41, 5.74) is 0.701. The van der Waals surface area contributed by atoms with Crippen LogP contribution in [0.5, 0.6) is 11.5 Å². The van der Waals surface area contributed by atoms with Gasteiger partial charge in [0.2, 0.25) is 0 Å². The fraction of sp³-hybridized carbons (Fsp3) is 0.476. The third-order valence-electron chi connectivity index (χ3n) is 5.95. The Morgan fingerprint density at radius 1 is 1.21 bits per heavy atom. The predicted molar refractivity (Wildman–Crippen MR) is 108 cm³/mol. The van der Waals surface area contributed by atoms with Crippen LogP contribution in [-0.2, 0) is 9.59 Å². The molecule has 0 aromatic heterocycles. The number of carbonyl (C=O) groups excluding carboxylic acids is 2. The van der Waals surface area contributed by atoms with E-state index in [4.69, 9.17) is 9.47 Å². The summed E-state index contributed by atoms with van der Waals surface area (Å²) >= 11 is 3.51. The standard InChI is InChI=1S/C21H23BrN2O4/c1-4-11(2)28-17-9-15(22)14(8-16(17)27-3)10-23-24-20(25)18-12-5-6-13(7-12)19(18)21(24)26/h5-6,8-13,18-19H,4,7H2,1-3H3. The third kappa shape index (κ3) is 3.05. The second kappa shape index (κ2) is 7.35. The van der Waals surface area contributed by atoms with Crippen LogP contribution in [0.4, 0.5) is 0 Å².